The van der Waals surface area contributed by atoms with Gasteiger partial charge >= 0.3 is 0 Å². The summed E-state index contributed by atoms with van der Waals surface area (Å²) in [5.41, 5.74) is 4.54. The van der Waals surface area contributed by atoms with Gasteiger partial charge in [-0.15, -0.1) is 0 Å². The van der Waals surface area contributed by atoms with Crippen LogP contribution in [0.3, 0.4) is 0 Å². The van der Waals surface area contributed by atoms with Crippen LogP contribution in [0, 0.1) is 23.3 Å². The predicted octanol–water partition coefficient (Wildman–Crippen LogP) is 3.51. The molecular formula is C19H19F4N7. The molecule has 0 spiro atoms. The molecule has 3 N–H and O–H groups in total. The quantitative estimate of drug-likeness (QED) is 0.292. The Morgan fingerprint density at radius 3 is 2.27 bits per heavy atom. The summed E-state index contributed by atoms with van der Waals surface area (Å²) in [5.74, 6) is -5.85. The molecule has 158 valence electrons. The number of likely N-dealkylation sites (N-methyl/N-ethyl adjacent to an activating group) is 1. The monoisotopic (exact) mass is 421 g/mol. The van der Waals surface area contributed by atoms with Crippen molar-refractivity contribution >= 4 is 17.5 Å². The SMILES string of the molecule is CN(C)CCNc1nc(NNc2c(F)c(F)cc(F)c2F)cc(-c2ccccn2)n1. The van der Waals surface area contributed by atoms with Crippen LogP contribution in [0.15, 0.2) is 36.5 Å². The van der Waals surface area contributed by atoms with E-state index in [1.165, 1.54) is 6.07 Å². The van der Waals surface area contributed by atoms with Crippen molar-refractivity contribution in [2.24, 2.45) is 0 Å². The third-order valence-corrected chi connectivity index (χ3v) is 3.92. The van der Waals surface area contributed by atoms with Crippen LogP contribution in [0.2, 0.25) is 0 Å². The number of hydrogen-bond donors (Lipinski definition) is 3. The van der Waals surface area contributed by atoms with Crippen molar-refractivity contribution in [2.45, 2.75) is 0 Å². The number of anilines is 3. The molecule has 0 atom stereocenters. The van der Waals surface area contributed by atoms with E-state index < -0.39 is 29.0 Å². The minimum Gasteiger partial charge on any atom is -0.353 e. The fraction of sp³-hybridized carbons (Fsp3) is 0.211. The zero-order valence-electron chi connectivity index (χ0n) is 16.2. The molecule has 0 amide bonds. The number of benzene rings is 1. The average molecular weight is 421 g/mol. The van der Waals surface area contributed by atoms with Gasteiger partial charge < -0.3 is 10.2 Å². The number of halogens is 4. The highest BCUT2D eigenvalue weighted by molar-refractivity contribution is 5.62. The number of nitrogens with zero attached hydrogens (tertiary/aromatic N) is 4. The lowest BCUT2D eigenvalue weighted by Gasteiger charge is -2.15. The van der Waals surface area contributed by atoms with E-state index in [0.29, 0.717) is 24.5 Å². The second kappa shape index (κ2) is 9.35. The minimum absolute atomic E-state index is 0.0986. The Bertz CT molecular complexity index is 989. The van der Waals surface area contributed by atoms with Gasteiger partial charge in [0.1, 0.15) is 5.69 Å². The van der Waals surface area contributed by atoms with E-state index in [9.17, 15) is 17.6 Å². The second-order valence-corrected chi connectivity index (χ2v) is 6.50. The molecule has 7 nitrogen and oxygen atoms in total. The van der Waals surface area contributed by atoms with Crippen molar-refractivity contribution in [3.8, 4) is 11.4 Å². The van der Waals surface area contributed by atoms with Crippen LogP contribution >= 0.6 is 0 Å². The van der Waals surface area contributed by atoms with Crippen LogP contribution in [0.5, 0.6) is 0 Å². The van der Waals surface area contributed by atoms with Crippen molar-refractivity contribution in [2.75, 3.05) is 43.4 Å². The Labute approximate surface area is 170 Å². The summed E-state index contributed by atoms with van der Waals surface area (Å²) in [6.45, 7) is 1.24. The van der Waals surface area contributed by atoms with Crippen molar-refractivity contribution in [1.82, 2.24) is 19.9 Å². The maximum absolute atomic E-state index is 13.9. The molecule has 30 heavy (non-hydrogen) atoms. The Balaban J connectivity index is 1.88. The summed E-state index contributed by atoms with van der Waals surface area (Å²) in [7, 11) is 3.82. The standard InChI is InChI=1S/C19H19F4N7/c1-30(2)8-7-25-19-26-14(13-5-3-4-6-24-13)10-15(27-19)28-29-18-16(22)11(20)9-12(21)17(18)23/h3-6,9-10,29H,7-8H2,1-2H3,(H2,25,26,27,28). The molecule has 0 radical (unpaired) electrons. The lowest BCUT2D eigenvalue weighted by Crippen LogP contribution is -2.22. The molecule has 11 heteroatoms. The van der Waals surface area contributed by atoms with Crippen LogP contribution in [-0.2, 0) is 0 Å². The van der Waals surface area contributed by atoms with Gasteiger partial charge in [0.25, 0.3) is 0 Å². The van der Waals surface area contributed by atoms with Gasteiger partial charge in [0, 0.05) is 31.4 Å². The molecule has 0 aliphatic heterocycles. The highest BCUT2D eigenvalue weighted by atomic mass is 19.2. The fourth-order valence-electron chi connectivity index (χ4n) is 2.44. The summed E-state index contributed by atoms with van der Waals surface area (Å²) in [6.07, 6.45) is 1.59. The topological polar surface area (TPSA) is 78.0 Å². The first-order valence-electron chi connectivity index (χ1n) is 8.89. The van der Waals surface area contributed by atoms with Crippen LogP contribution in [0.4, 0.5) is 35.0 Å². The summed E-state index contributed by atoms with van der Waals surface area (Å²) < 4.78 is 54.5. The van der Waals surface area contributed by atoms with E-state index >= 15 is 0 Å². The van der Waals surface area contributed by atoms with E-state index in [1.54, 1.807) is 24.4 Å². The number of pyridine rings is 1. The highest BCUT2D eigenvalue weighted by Crippen LogP contribution is 2.25. The summed E-state index contributed by atoms with van der Waals surface area (Å²) in [5, 5.41) is 3.04. The van der Waals surface area contributed by atoms with Gasteiger partial charge in [-0.25, -0.2) is 22.5 Å². The number of nitrogens with one attached hydrogen (secondary N) is 3. The van der Waals surface area contributed by atoms with Gasteiger partial charge in [-0.2, -0.15) is 4.98 Å². The Kier molecular flexibility index (Phi) is 6.62. The van der Waals surface area contributed by atoms with E-state index in [-0.39, 0.29) is 17.8 Å². The van der Waals surface area contributed by atoms with Crippen LogP contribution in [0.25, 0.3) is 11.4 Å². The summed E-state index contributed by atoms with van der Waals surface area (Å²) >= 11 is 0. The smallest absolute Gasteiger partial charge is 0.225 e. The fourth-order valence-corrected chi connectivity index (χ4v) is 2.44. The van der Waals surface area contributed by atoms with Gasteiger partial charge in [-0.05, 0) is 26.2 Å². The van der Waals surface area contributed by atoms with Crippen molar-refractivity contribution in [3.05, 3.63) is 59.8 Å². The minimum atomic E-state index is -1.57. The third-order valence-electron chi connectivity index (χ3n) is 3.92. The van der Waals surface area contributed by atoms with Crippen LogP contribution in [0.1, 0.15) is 0 Å². The number of hydrogen-bond acceptors (Lipinski definition) is 7. The maximum atomic E-state index is 13.9. The molecule has 0 aliphatic carbocycles. The Morgan fingerprint density at radius 1 is 0.900 bits per heavy atom. The lowest BCUT2D eigenvalue weighted by molar-refractivity contribution is 0.425. The molecule has 3 rings (SSSR count). The van der Waals surface area contributed by atoms with Crippen LogP contribution < -0.4 is 16.2 Å². The largest absolute Gasteiger partial charge is 0.353 e. The number of hydrazine groups is 1. The first kappa shape index (κ1) is 21.2. The molecule has 3 aromatic rings. The molecule has 2 heterocycles. The van der Waals surface area contributed by atoms with Gasteiger partial charge in [-0.1, -0.05) is 6.07 Å². The van der Waals surface area contributed by atoms with Gasteiger partial charge in [0.05, 0.1) is 11.4 Å². The van der Waals surface area contributed by atoms with Crippen molar-refractivity contribution in [3.63, 3.8) is 0 Å². The van der Waals surface area contributed by atoms with E-state index in [1.807, 2.05) is 19.0 Å². The molecule has 0 aliphatic rings. The molecule has 0 bridgehead atoms. The Hall–Kier alpha value is -3.47. The van der Waals surface area contributed by atoms with Crippen molar-refractivity contribution in [1.29, 1.82) is 0 Å². The zero-order chi connectivity index (χ0) is 21.7. The number of aromatic nitrogens is 3. The molecule has 0 unspecified atom stereocenters. The van der Waals surface area contributed by atoms with Gasteiger partial charge in [0.2, 0.25) is 5.95 Å². The first-order chi connectivity index (χ1) is 14.3. The Morgan fingerprint density at radius 2 is 1.63 bits per heavy atom. The zero-order valence-corrected chi connectivity index (χ0v) is 16.2. The average Bonchev–Trinajstić information content (AvgIpc) is 2.72. The van der Waals surface area contributed by atoms with Gasteiger partial charge in [-0.3, -0.25) is 15.8 Å². The maximum Gasteiger partial charge on any atom is 0.225 e. The second-order valence-electron chi connectivity index (χ2n) is 6.50. The van der Waals surface area contributed by atoms with Gasteiger partial charge in [0.15, 0.2) is 29.1 Å². The van der Waals surface area contributed by atoms with Crippen LogP contribution in [-0.4, -0.2) is 47.0 Å². The molecule has 2 aromatic heterocycles. The number of rotatable bonds is 8. The van der Waals surface area contributed by atoms with E-state index in [0.717, 1.165) is 0 Å². The molecular weight excluding hydrogens is 402 g/mol. The molecule has 0 saturated carbocycles. The summed E-state index contributed by atoms with van der Waals surface area (Å²) in [4.78, 5) is 14.8. The molecule has 0 saturated heterocycles. The van der Waals surface area contributed by atoms with E-state index in [4.69, 9.17) is 0 Å². The van der Waals surface area contributed by atoms with Crippen molar-refractivity contribution < 1.29 is 17.6 Å². The first-order valence-corrected chi connectivity index (χ1v) is 8.89. The normalized spacial score (nSPS) is 10.9. The molecule has 1 aromatic carbocycles. The lowest BCUT2D eigenvalue weighted by atomic mass is 10.2. The summed E-state index contributed by atoms with van der Waals surface area (Å²) in [6, 6.07) is 6.84. The third kappa shape index (κ3) is 5.11. The highest BCUT2D eigenvalue weighted by Gasteiger charge is 2.19. The predicted molar refractivity (Wildman–Crippen MR) is 106 cm³/mol. The van der Waals surface area contributed by atoms with E-state index in [2.05, 4.69) is 31.1 Å². The molecule has 0 fully saturated rings.